The van der Waals surface area contributed by atoms with Crippen molar-refractivity contribution < 1.29 is 28.6 Å². The quantitative estimate of drug-likeness (QED) is 0.295. The number of anilines is 1. The molecule has 0 bridgehead atoms. The molecule has 10 heteroatoms. The number of carbonyl (C=O) groups is 2. The first kappa shape index (κ1) is 23.8. The van der Waals surface area contributed by atoms with Crippen LogP contribution in [0, 0.1) is 5.82 Å². The minimum atomic E-state index is -0.928. The fourth-order valence-corrected chi connectivity index (χ4v) is 4.70. The van der Waals surface area contributed by atoms with Crippen LogP contribution in [0.5, 0.6) is 17.2 Å². The zero-order valence-corrected chi connectivity index (χ0v) is 20.1. The molecule has 1 atom stereocenters. The Kier molecular flexibility index (Phi) is 6.58. The second-order valence-corrected chi connectivity index (χ2v) is 9.24. The van der Waals surface area contributed by atoms with E-state index in [4.69, 9.17) is 21.1 Å². The van der Waals surface area contributed by atoms with E-state index in [1.165, 1.54) is 23.5 Å². The molecule has 1 unspecified atom stereocenters. The van der Waals surface area contributed by atoms with Gasteiger partial charge in [-0.15, -0.1) is 11.3 Å². The van der Waals surface area contributed by atoms with E-state index in [9.17, 15) is 19.1 Å². The van der Waals surface area contributed by atoms with E-state index in [1.807, 2.05) is 0 Å². The summed E-state index contributed by atoms with van der Waals surface area (Å²) < 4.78 is 24.6. The molecule has 1 aliphatic heterocycles. The van der Waals surface area contributed by atoms with Crippen LogP contribution in [-0.4, -0.2) is 28.6 Å². The highest BCUT2D eigenvalue weighted by molar-refractivity contribution is 7.14. The maximum absolute atomic E-state index is 13.1. The van der Waals surface area contributed by atoms with Gasteiger partial charge < -0.3 is 14.6 Å². The lowest BCUT2D eigenvalue weighted by atomic mass is 9.93. The van der Waals surface area contributed by atoms with Crippen LogP contribution >= 0.6 is 22.9 Å². The molecule has 182 valence electrons. The molecule has 1 aromatic heterocycles. The van der Waals surface area contributed by atoms with E-state index in [0.717, 1.165) is 5.56 Å². The second kappa shape index (κ2) is 9.96. The van der Waals surface area contributed by atoms with Gasteiger partial charge in [-0.05, 0) is 61.0 Å². The average molecular weight is 525 g/mol. The Balaban J connectivity index is 1.26. The molecule has 2 heterocycles. The largest absolute Gasteiger partial charge is 0.493 e. The molecular weight excluding hydrogens is 507 g/mol. The molecule has 1 aliphatic rings. The van der Waals surface area contributed by atoms with Crippen molar-refractivity contribution >= 4 is 39.9 Å². The lowest BCUT2D eigenvalue weighted by Crippen LogP contribution is -2.20. The van der Waals surface area contributed by atoms with Gasteiger partial charge >= 0.3 is 5.97 Å². The molecule has 1 amide bonds. The predicted octanol–water partition coefficient (Wildman–Crippen LogP) is 6.60. The number of fused-ring (bicyclic) bond motifs is 1. The summed E-state index contributed by atoms with van der Waals surface area (Å²) >= 11 is 7.61. The minimum absolute atomic E-state index is 0.257. The van der Waals surface area contributed by atoms with Crippen LogP contribution in [0.3, 0.4) is 0 Å². The Morgan fingerprint density at radius 2 is 1.89 bits per heavy atom. The molecule has 0 spiro atoms. The Morgan fingerprint density at radius 1 is 1.14 bits per heavy atom. The molecule has 7 nitrogen and oxygen atoms in total. The highest BCUT2D eigenvalue weighted by atomic mass is 35.5. The van der Waals surface area contributed by atoms with Crippen molar-refractivity contribution in [2.75, 3.05) is 11.9 Å². The third-order valence-electron chi connectivity index (χ3n) is 5.61. The summed E-state index contributed by atoms with van der Waals surface area (Å²) in [6.45, 7) is 0.291. The average Bonchev–Trinajstić information content (AvgIpc) is 3.33. The third-order valence-corrected chi connectivity index (χ3v) is 6.66. The van der Waals surface area contributed by atoms with Crippen LogP contribution in [0.4, 0.5) is 9.52 Å². The number of nitrogens with zero attached hydrogens (tertiary/aromatic N) is 1. The van der Waals surface area contributed by atoms with Crippen molar-refractivity contribution in [1.29, 1.82) is 0 Å². The van der Waals surface area contributed by atoms with Crippen LogP contribution in [0.1, 0.15) is 28.3 Å². The van der Waals surface area contributed by atoms with Crippen molar-refractivity contribution in [3.63, 3.8) is 0 Å². The van der Waals surface area contributed by atoms with E-state index in [2.05, 4.69) is 10.3 Å². The summed E-state index contributed by atoms with van der Waals surface area (Å²) in [5.41, 5.74) is 2.30. The number of carboxylic acid groups (broad SMARTS) is 1. The van der Waals surface area contributed by atoms with Gasteiger partial charge in [0.2, 0.25) is 0 Å². The zero-order chi connectivity index (χ0) is 25.2. The molecule has 36 heavy (non-hydrogen) atoms. The number of aromatic nitrogens is 1. The van der Waals surface area contributed by atoms with Crippen LogP contribution < -0.4 is 14.8 Å². The fraction of sp³-hybridized carbons (Fsp3) is 0.115. The number of carbonyl (C=O) groups excluding carboxylic acids is 1. The number of hydrogen-bond donors (Lipinski definition) is 2. The Bertz CT molecular complexity index is 1440. The summed E-state index contributed by atoms with van der Waals surface area (Å²) in [4.78, 5) is 28.5. The monoisotopic (exact) mass is 524 g/mol. The lowest BCUT2D eigenvalue weighted by Gasteiger charge is -2.24. The third kappa shape index (κ3) is 5.02. The molecule has 4 aromatic rings. The summed E-state index contributed by atoms with van der Waals surface area (Å²) in [7, 11) is 0. The van der Waals surface area contributed by atoms with Crippen molar-refractivity contribution in [3.8, 4) is 28.5 Å². The number of benzene rings is 3. The number of halogens is 2. The van der Waals surface area contributed by atoms with Crippen molar-refractivity contribution in [3.05, 3.63) is 88.0 Å². The molecule has 0 radical (unpaired) electrons. The maximum Gasteiger partial charge on any atom is 0.311 e. The van der Waals surface area contributed by atoms with Gasteiger partial charge in [0.15, 0.2) is 5.13 Å². The van der Waals surface area contributed by atoms with Gasteiger partial charge in [0, 0.05) is 28.1 Å². The van der Waals surface area contributed by atoms with E-state index in [0.29, 0.717) is 52.2 Å². The SMILES string of the molecule is O=C(Nc1nc(-c2ccc(F)cc2)cs1)c1ccc(Oc2cc3c(cc2Cl)C(C(=O)O)CCO3)cc1. The lowest BCUT2D eigenvalue weighted by molar-refractivity contribution is -0.139. The van der Waals surface area contributed by atoms with E-state index in [-0.39, 0.29) is 16.7 Å². The van der Waals surface area contributed by atoms with Crippen LogP contribution in [0.15, 0.2) is 66.0 Å². The van der Waals surface area contributed by atoms with Gasteiger partial charge in [0.1, 0.15) is 23.1 Å². The first-order valence-corrected chi connectivity index (χ1v) is 12.1. The number of thiazole rings is 1. The van der Waals surface area contributed by atoms with Crippen LogP contribution in [0.2, 0.25) is 5.02 Å². The number of rotatable bonds is 6. The molecule has 5 rings (SSSR count). The van der Waals surface area contributed by atoms with Gasteiger partial charge in [-0.2, -0.15) is 0 Å². The molecule has 3 aromatic carbocycles. The van der Waals surface area contributed by atoms with Gasteiger partial charge in [-0.3, -0.25) is 14.9 Å². The van der Waals surface area contributed by atoms with E-state index in [1.54, 1.807) is 53.9 Å². The standard InChI is InChI=1S/C26H18ClFN2O5S/c27-20-11-19-18(25(32)33)9-10-34-22(19)12-23(20)35-17-7-3-15(4-8-17)24(31)30-26-29-21(13-36-26)14-1-5-16(28)6-2-14/h1-8,11-13,18H,9-10H2,(H,32,33)(H,29,30,31). The van der Waals surface area contributed by atoms with E-state index < -0.39 is 11.9 Å². The van der Waals surface area contributed by atoms with Gasteiger partial charge in [-0.1, -0.05) is 11.6 Å². The summed E-state index contributed by atoms with van der Waals surface area (Å²) in [6, 6.07) is 15.5. The Labute approximate surface area is 214 Å². The van der Waals surface area contributed by atoms with E-state index >= 15 is 0 Å². The molecule has 0 aliphatic carbocycles. The van der Waals surface area contributed by atoms with Crippen LogP contribution in [0.25, 0.3) is 11.3 Å². The first-order chi connectivity index (χ1) is 17.4. The molecule has 0 saturated carbocycles. The number of ether oxygens (including phenoxy) is 2. The fourth-order valence-electron chi connectivity index (χ4n) is 3.78. The topological polar surface area (TPSA) is 97.8 Å². The van der Waals surface area contributed by atoms with Crippen molar-refractivity contribution in [2.45, 2.75) is 12.3 Å². The summed E-state index contributed by atoms with van der Waals surface area (Å²) in [5.74, 6) is -1.11. The zero-order valence-electron chi connectivity index (χ0n) is 18.5. The van der Waals surface area contributed by atoms with Crippen LogP contribution in [-0.2, 0) is 4.79 Å². The van der Waals surface area contributed by atoms with Gasteiger partial charge in [0.25, 0.3) is 5.91 Å². The number of hydrogen-bond acceptors (Lipinski definition) is 6. The predicted molar refractivity (Wildman–Crippen MR) is 134 cm³/mol. The Morgan fingerprint density at radius 3 is 2.61 bits per heavy atom. The molecular formula is C26H18ClFN2O5S. The highest BCUT2D eigenvalue weighted by Gasteiger charge is 2.29. The Hall–Kier alpha value is -3.95. The van der Waals surface area contributed by atoms with Gasteiger partial charge in [0.05, 0.1) is 23.2 Å². The first-order valence-electron chi connectivity index (χ1n) is 10.9. The number of aliphatic carboxylic acids is 1. The normalized spacial score (nSPS) is 14.4. The number of carboxylic acids is 1. The van der Waals surface area contributed by atoms with Crippen molar-refractivity contribution in [2.24, 2.45) is 0 Å². The smallest absolute Gasteiger partial charge is 0.311 e. The summed E-state index contributed by atoms with van der Waals surface area (Å²) in [6.07, 6.45) is 0.372. The molecule has 0 fully saturated rings. The molecule has 2 N–H and O–H groups in total. The summed E-state index contributed by atoms with van der Waals surface area (Å²) in [5, 5.41) is 14.6. The minimum Gasteiger partial charge on any atom is -0.493 e. The maximum atomic E-state index is 13.1. The number of amides is 1. The highest BCUT2D eigenvalue weighted by Crippen LogP contribution is 2.41. The van der Waals surface area contributed by atoms with Gasteiger partial charge in [-0.25, -0.2) is 9.37 Å². The number of nitrogens with one attached hydrogen (secondary N) is 1. The van der Waals surface area contributed by atoms with Crippen molar-refractivity contribution in [1.82, 2.24) is 4.98 Å². The second-order valence-electron chi connectivity index (χ2n) is 7.97. The molecule has 0 saturated heterocycles.